The van der Waals surface area contributed by atoms with E-state index in [9.17, 15) is 0 Å². The van der Waals surface area contributed by atoms with E-state index in [1.165, 1.54) is 25.7 Å². The molecule has 0 aromatic carbocycles. The average molecular weight is 397 g/mol. The second-order valence-electron chi connectivity index (χ2n) is 6.06. The first-order valence-electron chi connectivity index (χ1n) is 7.76. The molecular weight excluding hydrogens is 365 g/mol. The molecule has 0 radical (unpaired) electrons. The summed E-state index contributed by atoms with van der Waals surface area (Å²) in [6, 6.07) is 0.408. The lowest BCUT2D eigenvalue weighted by molar-refractivity contribution is 0.106. The molecule has 1 aliphatic rings. The molecule has 5 heteroatoms. The lowest BCUT2D eigenvalue weighted by Gasteiger charge is -2.15. The van der Waals surface area contributed by atoms with Crippen LogP contribution in [0.15, 0.2) is 4.99 Å². The van der Waals surface area contributed by atoms with Gasteiger partial charge in [0.05, 0.1) is 6.10 Å². The second kappa shape index (κ2) is 11.6. The molecule has 3 N–H and O–H groups in total. The van der Waals surface area contributed by atoms with Crippen molar-refractivity contribution in [3.63, 3.8) is 0 Å². The van der Waals surface area contributed by atoms with E-state index in [0.29, 0.717) is 18.1 Å². The van der Waals surface area contributed by atoms with Gasteiger partial charge in [-0.2, -0.15) is 0 Å². The van der Waals surface area contributed by atoms with E-state index in [1.807, 2.05) is 0 Å². The van der Waals surface area contributed by atoms with Crippen LogP contribution in [0.4, 0.5) is 0 Å². The smallest absolute Gasteiger partial charge is 0.188 e. The molecule has 1 heterocycles. The van der Waals surface area contributed by atoms with Gasteiger partial charge in [0.25, 0.3) is 0 Å². The summed E-state index contributed by atoms with van der Waals surface area (Å²) >= 11 is 0. The highest BCUT2D eigenvalue weighted by atomic mass is 127. The van der Waals surface area contributed by atoms with Crippen molar-refractivity contribution in [3.8, 4) is 0 Å². The maximum atomic E-state index is 5.89. The van der Waals surface area contributed by atoms with E-state index in [-0.39, 0.29) is 24.0 Å². The molecule has 1 fully saturated rings. The normalized spacial score (nSPS) is 20.8. The third-order valence-electron chi connectivity index (χ3n) is 3.57. The Morgan fingerprint density at radius 1 is 1.35 bits per heavy atom. The van der Waals surface area contributed by atoms with Crippen LogP contribution >= 0.6 is 24.0 Å². The van der Waals surface area contributed by atoms with Crippen molar-refractivity contribution in [2.75, 3.05) is 13.2 Å². The van der Waals surface area contributed by atoms with Crippen LogP contribution in [0.25, 0.3) is 0 Å². The highest BCUT2D eigenvalue weighted by Gasteiger charge is 2.14. The van der Waals surface area contributed by atoms with Crippen LogP contribution in [0, 0.1) is 5.92 Å². The van der Waals surface area contributed by atoms with Gasteiger partial charge in [-0.1, -0.05) is 26.7 Å². The maximum absolute atomic E-state index is 5.89. The minimum absolute atomic E-state index is 0. The van der Waals surface area contributed by atoms with E-state index in [1.54, 1.807) is 0 Å². The first-order valence-corrected chi connectivity index (χ1v) is 7.76. The van der Waals surface area contributed by atoms with Crippen molar-refractivity contribution in [2.24, 2.45) is 16.6 Å². The molecule has 2 atom stereocenters. The van der Waals surface area contributed by atoms with Gasteiger partial charge in [0.2, 0.25) is 0 Å². The Bertz CT molecular complexity index is 266. The van der Waals surface area contributed by atoms with Crippen LogP contribution in [-0.2, 0) is 4.74 Å². The molecule has 20 heavy (non-hydrogen) atoms. The van der Waals surface area contributed by atoms with Gasteiger partial charge in [0.1, 0.15) is 0 Å². The summed E-state index contributed by atoms with van der Waals surface area (Å²) in [5.74, 6) is 1.36. The number of rotatable bonds is 8. The van der Waals surface area contributed by atoms with E-state index in [4.69, 9.17) is 10.5 Å². The molecule has 120 valence electrons. The lowest BCUT2D eigenvalue weighted by atomic mass is 10.0. The summed E-state index contributed by atoms with van der Waals surface area (Å²) in [6.45, 7) is 8.37. The fourth-order valence-corrected chi connectivity index (χ4v) is 2.40. The first kappa shape index (κ1) is 20.0. The standard InChI is InChI=1S/C15H31N3O.HI/c1-12(2)6-4-7-13(3)18-15(16)17-10-9-14-8-5-11-19-14;/h12-14H,4-11H2,1-3H3,(H3,16,17,18);1H. The van der Waals surface area contributed by atoms with Crippen molar-refractivity contribution in [2.45, 2.75) is 71.4 Å². The highest BCUT2D eigenvalue weighted by molar-refractivity contribution is 14.0. The van der Waals surface area contributed by atoms with Gasteiger partial charge in [0.15, 0.2) is 5.96 Å². The molecule has 1 saturated heterocycles. The van der Waals surface area contributed by atoms with Gasteiger partial charge in [-0.25, -0.2) is 0 Å². The maximum Gasteiger partial charge on any atom is 0.188 e. The second-order valence-corrected chi connectivity index (χ2v) is 6.06. The van der Waals surface area contributed by atoms with Crippen molar-refractivity contribution < 1.29 is 4.74 Å². The summed E-state index contributed by atoms with van der Waals surface area (Å²) in [5, 5.41) is 3.27. The number of hydrogen-bond acceptors (Lipinski definition) is 2. The van der Waals surface area contributed by atoms with Crippen molar-refractivity contribution >= 4 is 29.9 Å². The molecular formula is C15H32IN3O. The average Bonchev–Trinajstić information content (AvgIpc) is 2.81. The predicted octanol–water partition coefficient (Wildman–Crippen LogP) is 3.29. The molecule has 4 nitrogen and oxygen atoms in total. The van der Waals surface area contributed by atoms with Crippen molar-refractivity contribution in [1.29, 1.82) is 0 Å². The molecule has 0 amide bonds. The van der Waals surface area contributed by atoms with Crippen molar-refractivity contribution in [1.82, 2.24) is 5.32 Å². The third-order valence-corrected chi connectivity index (χ3v) is 3.57. The Balaban J connectivity index is 0.00000361. The highest BCUT2D eigenvalue weighted by Crippen LogP contribution is 2.14. The Kier molecular flexibility index (Phi) is 11.6. The van der Waals surface area contributed by atoms with Gasteiger partial charge in [-0.15, -0.1) is 24.0 Å². The molecule has 0 bridgehead atoms. The Labute approximate surface area is 141 Å². The molecule has 0 spiro atoms. The summed E-state index contributed by atoms with van der Waals surface area (Å²) in [7, 11) is 0. The minimum atomic E-state index is 0. The topological polar surface area (TPSA) is 59.6 Å². The number of nitrogens with two attached hydrogens (primary N) is 1. The van der Waals surface area contributed by atoms with Crippen LogP contribution in [0.5, 0.6) is 0 Å². The van der Waals surface area contributed by atoms with E-state index >= 15 is 0 Å². The Morgan fingerprint density at radius 3 is 2.70 bits per heavy atom. The van der Waals surface area contributed by atoms with E-state index < -0.39 is 0 Å². The summed E-state index contributed by atoms with van der Waals surface area (Å²) in [4.78, 5) is 4.37. The Hall–Kier alpha value is -0.0400. The van der Waals surface area contributed by atoms with E-state index in [2.05, 4.69) is 31.1 Å². The fraction of sp³-hybridized carbons (Fsp3) is 0.933. The number of aliphatic imine (C=N–C) groups is 1. The zero-order chi connectivity index (χ0) is 14.1. The quantitative estimate of drug-likeness (QED) is 0.375. The van der Waals surface area contributed by atoms with Crippen LogP contribution in [-0.4, -0.2) is 31.3 Å². The van der Waals surface area contributed by atoms with Crippen molar-refractivity contribution in [3.05, 3.63) is 0 Å². The zero-order valence-corrected chi connectivity index (χ0v) is 15.6. The summed E-state index contributed by atoms with van der Waals surface area (Å²) in [5.41, 5.74) is 5.89. The predicted molar refractivity (Wildman–Crippen MR) is 96.8 cm³/mol. The monoisotopic (exact) mass is 397 g/mol. The van der Waals surface area contributed by atoms with Crippen LogP contribution in [0.3, 0.4) is 0 Å². The van der Waals surface area contributed by atoms with Crippen LogP contribution in [0.1, 0.15) is 59.3 Å². The number of hydrogen-bond donors (Lipinski definition) is 2. The SMILES string of the molecule is CC(C)CCCC(C)NC(N)=NCCC1CCCO1.I. The molecule has 2 unspecified atom stereocenters. The van der Waals surface area contributed by atoms with Gasteiger partial charge >= 0.3 is 0 Å². The fourth-order valence-electron chi connectivity index (χ4n) is 2.40. The number of nitrogens with zero attached hydrogens (tertiary/aromatic N) is 1. The molecule has 0 aliphatic carbocycles. The summed E-state index contributed by atoms with van der Waals surface area (Å²) in [6.07, 6.45) is 7.44. The summed E-state index contributed by atoms with van der Waals surface area (Å²) < 4.78 is 5.56. The number of halogens is 1. The number of ether oxygens (including phenoxy) is 1. The molecule has 1 rings (SSSR count). The molecule has 0 saturated carbocycles. The third kappa shape index (κ3) is 9.80. The molecule has 1 aliphatic heterocycles. The van der Waals surface area contributed by atoms with E-state index in [0.717, 1.165) is 31.9 Å². The van der Waals surface area contributed by atoms with Crippen LogP contribution in [0.2, 0.25) is 0 Å². The molecule has 0 aromatic heterocycles. The zero-order valence-electron chi connectivity index (χ0n) is 13.2. The lowest BCUT2D eigenvalue weighted by Crippen LogP contribution is -2.38. The number of nitrogens with one attached hydrogen (secondary N) is 1. The van der Waals surface area contributed by atoms with Gasteiger partial charge in [-0.3, -0.25) is 4.99 Å². The Morgan fingerprint density at radius 2 is 2.10 bits per heavy atom. The number of guanidine groups is 1. The van der Waals surface area contributed by atoms with Gasteiger partial charge in [-0.05, 0) is 38.5 Å². The first-order chi connectivity index (χ1) is 9.08. The molecule has 0 aromatic rings. The van der Waals surface area contributed by atoms with Crippen LogP contribution < -0.4 is 11.1 Å². The van der Waals surface area contributed by atoms with Gasteiger partial charge < -0.3 is 15.8 Å². The largest absolute Gasteiger partial charge is 0.378 e. The minimum Gasteiger partial charge on any atom is -0.378 e. The van der Waals surface area contributed by atoms with Gasteiger partial charge in [0, 0.05) is 19.2 Å².